The van der Waals surface area contributed by atoms with E-state index in [4.69, 9.17) is 15.6 Å². The van der Waals surface area contributed by atoms with Crippen LogP contribution in [0.5, 0.6) is 5.88 Å². The van der Waals surface area contributed by atoms with Crippen LogP contribution in [0.1, 0.15) is 11.6 Å². The fraction of sp³-hybridized carbons (Fsp3) is 0.250. The summed E-state index contributed by atoms with van der Waals surface area (Å²) in [6.07, 6.45) is 1.69. The molecule has 16 heavy (non-hydrogen) atoms. The van der Waals surface area contributed by atoms with Gasteiger partial charge in [0.2, 0.25) is 5.88 Å². The van der Waals surface area contributed by atoms with Crippen LogP contribution < -0.4 is 10.5 Å². The van der Waals surface area contributed by atoms with Crippen molar-refractivity contribution in [3.05, 3.63) is 36.0 Å². The summed E-state index contributed by atoms with van der Waals surface area (Å²) in [5, 5.41) is 11.0. The number of hydrogen-bond acceptors (Lipinski definition) is 4. The van der Waals surface area contributed by atoms with Crippen LogP contribution in [-0.2, 0) is 0 Å². The predicted octanol–water partition coefficient (Wildman–Crippen LogP) is 1.24. The zero-order valence-electron chi connectivity index (χ0n) is 9.05. The van der Waals surface area contributed by atoms with E-state index in [-0.39, 0.29) is 12.6 Å². The second kappa shape index (κ2) is 4.47. The summed E-state index contributed by atoms with van der Waals surface area (Å²) in [6.45, 7) is -0.0618. The molecule has 4 nitrogen and oxygen atoms in total. The van der Waals surface area contributed by atoms with Crippen molar-refractivity contribution in [3.63, 3.8) is 0 Å². The number of methoxy groups -OCH3 is 1. The molecule has 84 valence electrons. The molecule has 3 N–H and O–H groups in total. The van der Waals surface area contributed by atoms with Crippen LogP contribution >= 0.6 is 0 Å². The van der Waals surface area contributed by atoms with Gasteiger partial charge in [0, 0.05) is 11.6 Å². The standard InChI is InChI=1S/C12H14N2O2/c1-16-12-10-3-2-9(11(13)7-15)6-8(10)4-5-14-12/h2-6,11,15H,7,13H2,1H3. The zero-order valence-corrected chi connectivity index (χ0v) is 9.05. The van der Waals surface area contributed by atoms with Gasteiger partial charge in [-0.2, -0.15) is 0 Å². The highest BCUT2D eigenvalue weighted by atomic mass is 16.5. The topological polar surface area (TPSA) is 68.4 Å². The highest BCUT2D eigenvalue weighted by Gasteiger charge is 2.07. The fourth-order valence-electron chi connectivity index (χ4n) is 1.67. The molecule has 0 aliphatic carbocycles. The normalized spacial score (nSPS) is 12.7. The van der Waals surface area contributed by atoms with Gasteiger partial charge in [-0.25, -0.2) is 4.98 Å². The Bertz CT molecular complexity index is 499. The maximum Gasteiger partial charge on any atom is 0.221 e. The minimum absolute atomic E-state index is 0.0618. The summed E-state index contributed by atoms with van der Waals surface area (Å²) in [7, 11) is 1.59. The molecule has 0 aliphatic heterocycles. The number of fused-ring (bicyclic) bond motifs is 1. The molecule has 0 bridgehead atoms. The van der Waals surface area contributed by atoms with Crippen molar-refractivity contribution < 1.29 is 9.84 Å². The molecule has 0 spiro atoms. The van der Waals surface area contributed by atoms with E-state index >= 15 is 0 Å². The summed E-state index contributed by atoms with van der Waals surface area (Å²) >= 11 is 0. The first kappa shape index (κ1) is 10.9. The van der Waals surface area contributed by atoms with E-state index in [1.54, 1.807) is 13.3 Å². The molecule has 1 atom stereocenters. The third-order valence-electron chi connectivity index (χ3n) is 2.57. The number of ether oxygens (including phenoxy) is 1. The monoisotopic (exact) mass is 218 g/mol. The van der Waals surface area contributed by atoms with E-state index in [0.29, 0.717) is 5.88 Å². The molecule has 0 saturated carbocycles. The lowest BCUT2D eigenvalue weighted by Gasteiger charge is -2.10. The minimum Gasteiger partial charge on any atom is -0.481 e. The Labute approximate surface area is 93.7 Å². The van der Waals surface area contributed by atoms with E-state index in [1.165, 1.54) is 0 Å². The molecule has 0 saturated heterocycles. The van der Waals surface area contributed by atoms with Crippen LogP contribution in [0.2, 0.25) is 0 Å². The van der Waals surface area contributed by atoms with Gasteiger partial charge in [-0.3, -0.25) is 0 Å². The van der Waals surface area contributed by atoms with E-state index in [2.05, 4.69) is 4.98 Å². The molecule has 0 radical (unpaired) electrons. The smallest absolute Gasteiger partial charge is 0.221 e. The van der Waals surface area contributed by atoms with E-state index in [0.717, 1.165) is 16.3 Å². The maximum atomic E-state index is 9.00. The average Bonchev–Trinajstić information content (AvgIpc) is 2.36. The molecule has 1 heterocycles. The van der Waals surface area contributed by atoms with Crippen LogP contribution in [0.4, 0.5) is 0 Å². The van der Waals surface area contributed by atoms with Crippen molar-refractivity contribution in [1.29, 1.82) is 0 Å². The molecule has 0 amide bonds. The van der Waals surface area contributed by atoms with Crippen molar-refractivity contribution in [2.24, 2.45) is 5.73 Å². The van der Waals surface area contributed by atoms with E-state index in [1.807, 2.05) is 24.3 Å². The number of aliphatic hydroxyl groups excluding tert-OH is 1. The lowest BCUT2D eigenvalue weighted by Crippen LogP contribution is -2.14. The van der Waals surface area contributed by atoms with Crippen LogP contribution in [0.25, 0.3) is 10.8 Å². The lowest BCUT2D eigenvalue weighted by molar-refractivity contribution is 0.268. The van der Waals surface area contributed by atoms with Crippen molar-refractivity contribution in [2.45, 2.75) is 6.04 Å². The van der Waals surface area contributed by atoms with Gasteiger partial charge in [0.15, 0.2) is 0 Å². The van der Waals surface area contributed by atoms with Crippen LogP contribution in [0.15, 0.2) is 30.5 Å². The molecule has 1 unspecified atom stereocenters. The molecule has 2 aromatic rings. The summed E-state index contributed by atoms with van der Waals surface area (Å²) in [5.41, 5.74) is 6.66. The fourth-order valence-corrected chi connectivity index (χ4v) is 1.67. The zero-order chi connectivity index (χ0) is 11.5. The number of aliphatic hydroxyl groups is 1. The molecule has 0 aliphatic rings. The molecule has 1 aromatic heterocycles. The molecule has 0 fully saturated rings. The number of nitrogens with two attached hydrogens (primary N) is 1. The first-order valence-corrected chi connectivity index (χ1v) is 5.05. The number of rotatable bonds is 3. The SMILES string of the molecule is COc1nccc2cc(C(N)CO)ccc12. The van der Waals surface area contributed by atoms with Gasteiger partial charge < -0.3 is 15.6 Å². The van der Waals surface area contributed by atoms with Gasteiger partial charge in [-0.05, 0) is 29.1 Å². The van der Waals surface area contributed by atoms with Gasteiger partial charge in [0.25, 0.3) is 0 Å². The molecule has 4 heteroatoms. The summed E-state index contributed by atoms with van der Waals surface area (Å²) in [6, 6.07) is 7.29. The van der Waals surface area contributed by atoms with Gasteiger partial charge in [-0.1, -0.05) is 6.07 Å². The van der Waals surface area contributed by atoms with Gasteiger partial charge in [0.1, 0.15) is 0 Å². The van der Waals surface area contributed by atoms with Crippen LogP contribution in [-0.4, -0.2) is 23.8 Å². The lowest BCUT2D eigenvalue weighted by atomic mass is 10.0. The molecular formula is C12H14N2O2. The number of benzene rings is 1. The van der Waals surface area contributed by atoms with Crippen LogP contribution in [0.3, 0.4) is 0 Å². The molecule has 1 aromatic carbocycles. The Hall–Kier alpha value is -1.65. The Balaban J connectivity index is 2.55. The Morgan fingerprint density at radius 1 is 1.44 bits per heavy atom. The summed E-state index contributed by atoms with van der Waals surface area (Å²) < 4.78 is 5.16. The Morgan fingerprint density at radius 2 is 2.25 bits per heavy atom. The first-order valence-electron chi connectivity index (χ1n) is 5.05. The Morgan fingerprint density at radius 3 is 2.94 bits per heavy atom. The van der Waals surface area contributed by atoms with Gasteiger partial charge in [-0.15, -0.1) is 0 Å². The minimum atomic E-state index is -0.344. The van der Waals surface area contributed by atoms with Crippen LogP contribution in [0, 0.1) is 0 Å². The highest BCUT2D eigenvalue weighted by molar-refractivity contribution is 5.87. The third kappa shape index (κ3) is 1.85. The predicted molar refractivity (Wildman–Crippen MR) is 62.3 cm³/mol. The molecular weight excluding hydrogens is 204 g/mol. The second-order valence-electron chi connectivity index (χ2n) is 3.59. The largest absolute Gasteiger partial charge is 0.481 e. The average molecular weight is 218 g/mol. The van der Waals surface area contributed by atoms with Crippen molar-refractivity contribution >= 4 is 10.8 Å². The summed E-state index contributed by atoms with van der Waals surface area (Å²) in [4.78, 5) is 4.12. The Kier molecular flexibility index (Phi) is 3.03. The van der Waals surface area contributed by atoms with Gasteiger partial charge in [0.05, 0.1) is 19.8 Å². The highest BCUT2D eigenvalue weighted by Crippen LogP contribution is 2.25. The van der Waals surface area contributed by atoms with Gasteiger partial charge >= 0.3 is 0 Å². The maximum absolute atomic E-state index is 9.00. The number of hydrogen-bond donors (Lipinski definition) is 2. The van der Waals surface area contributed by atoms with Crippen molar-refractivity contribution in [1.82, 2.24) is 4.98 Å². The number of nitrogens with zero attached hydrogens (tertiary/aromatic N) is 1. The second-order valence-corrected chi connectivity index (χ2v) is 3.59. The van der Waals surface area contributed by atoms with E-state index in [9.17, 15) is 0 Å². The van der Waals surface area contributed by atoms with Crippen molar-refractivity contribution in [3.8, 4) is 5.88 Å². The first-order chi connectivity index (χ1) is 7.76. The van der Waals surface area contributed by atoms with Crippen molar-refractivity contribution in [2.75, 3.05) is 13.7 Å². The summed E-state index contributed by atoms with van der Waals surface area (Å²) in [5.74, 6) is 0.599. The number of aromatic nitrogens is 1. The number of pyridine rings is 1. The quantitative estimate of drug-likeness (QED) is 0.813. The molecule has 2 rings (SSSR count). The third-order valence-corrected chi connectivity index (χ3v) is 2.57. The van der Waals surface area contributed by atoms with E-state index < -0.39 is 0 Å².